The van der Waals surface area contributed by atoms with Crippen molar-refractivity contribution in [1.82, 2.24) is 20.2 Å². The van der Waals surface area contributed by atoms with Gasteiger partial charge in [0, 0.05) is 0 Å². The number of imidazole rings is 1. The second kappa shape index (κ2) is 4.41. The Morgan fingerprint density at radius 3 is 3.11 bits per heavy atom. The number of hydrogen-bond donors (Lipinski definition) is 2. The summed E-state index contributed by atoms with van der Waals surface area (Å²) < 4.78 is 5.19. The maximum Gasteiger partial charge on any atom is 0.275 e. The van der Waals surface area contributed by atoms with Crippen molar-refractivity contribution in [2.24, 2.45) is 0 Å². The highest BCUT2D eigenvalue weighted by Gasteiger charge is 2.12. The number of aromatic nitrogens is 4. The summed E-state index contributed by atoms with van der Waals surface area (Å²) >= 11 is 1.23. The van der Waals surface area contributed by atoms with E-state index in [1.54, 1.807) is 18.4 Å². The average Bonchev–Trinajstić information content (AvgIpc) is 3.12. The summed E-state index contributed by atoms with van der Waals surface area (Å²) in [6.07, 6.45) is 4.42. The van der Waals surface area contributed by atoms with E-state index in [4.69, 9.17) is 4.42 Å². The molecule has 0 atom stereocenters. The van der Waals surface area contributed by atoms with Gasteiger partial charge in [0.05, 0.1) is 18.8 Å². The van der Waals surface area contributed by atoms with Crippen LogP contribution in [0.15, 0.2) is 35.3 Å². The number of carbonyl (C=O) groups is 1. The summed E-state index contributed by atoms with van der Waals surface area (Å²) in [6.45, 7) is 0. The number of nitrogens with one attached hydrogen (secondary N) is 2. The van der Waals surface area contributed by atoms with Gasteiger partial charge in [-0.05, 0) is 12.1 Å². The lowest BCUT2D eigenvalue weighted by Gasteiger charge is -1.95. The van der Waals surface area contributed by atoms with Crippen LogP contribution in [-0.2, 0) is 0 Å². The van der Waals surface area contributed by atoms with Crippen LogP contribution < -0.4 is 5.32 Å². The molecule has 0 radical (unpaired) electrons. The zero-order valence-corrected chi connectivity index (χ0v) is 9.77. The Bertz CT molecular complexity index is 644. The lowest BCUT2D eigenvalue weighted by Crippen LogP contribution is -2.11. The third kappa shape index (κ3) is 2.00. The highest BCUT2D eigenvalue weighted by atomic mass is 32.1. The first kappa shape index (κ1) is 10.7. The number of amides is 1. The SMILES string of the molecule is O=C(Nc1nnc(-c2ccco2)s1)c1cnc[nH]1. The Morgan fingerprint density at radius 2 is 2.39 bits per heavy atom. The van der Waals surface area contributed by atoms with E-state index in [1.807, 2.05) is 0 Å². The van der Waals surface area contributed by atoms with Gasteiger partial charge in [0.25, 0.3) is 5.91 Å². The van der Waals surface area contributed by atoms with E-state index in [0.29, 0.717) is 21.6 Å². The van der Waals surface area contributed by atoms with Crippen molar-refractivity contribution >= 4 is 22.4 Å². The van der Waals surface area contributed by atoms with E-state index < -0.39 is 0 Å². The summed E-state index contributed by atoms with van der Waals surface area (Å²) in [5.74, 6) is 0.309. The minimum atomic E-state index is -0.311. The molecule has 0 unspecified atom stereocenters. The molecule has 0 saturated carbocycles. The first-order chi connectivity index (χ1) is 8.83. The quantitative estimate of drug-likeness (QED) is 0.749. The normalized spacial score (nSPS) is 10.4. The van der Waals surface area contributed by atoms with E-state index in [2.05, 4.69) is 25.5 Å². The van der Waals surface area contributed by atoms with Crippen LogP contribution in [-0.4, -0.2) is 26.1 Å². The molecule has 8 heteroatoms. The lowest BCUT2D eigenvalue weighted by atomic mass is 10.4. The molecule has 3 aromatic rings. The fraction of sp³-hybridized carbons (Fsp3) is 0. The third-order valence-corrected chi connectivity index (χ3v) is 2.97. The molecule has 0 aliphatic heterocycles. The topological polar surface area (TPSA) is 96.7 Å². The molecule has 18 heavy (non-hydrogen) atoms. The molecule has 0 aromatic carbocycles. The van der Waals surface area contributed by atoms with E-state index in [-0.39, 0.29) is 5.91 Å². The van der Waals surface area contributed by atoms with Gasteiger partial charge >= 0.3 is 0 Å². The number of carbonyl (C=O) groups excluding carboxylic acids is 1. The van der Waals surface area contributed by atoms with Gasteiger partial charge in [-0.3, -0.25) is 10.1 Å². The number of anilines is 1. The molecular formula is C10H7N5O2S. The number of rotatable bonds is 3. The number of hydrogen-bond acceptors (Lipinski definition) is 6. The summed E-state index contributed by atoms with van der Waals surface area (Å²) in [7, 11) is 0. The Labute approximate surface area is 105 Å². The van der Waals surface area contributed by atoms with E-state index in [1.165, 1.54) is 23.9 Å². The third-order valence-electron chi connectivity index (χ3n) is 2.12. The fourth-order valence-electron chi connectivity index (χ4n) is 1.32. The second-order valence-electron chi connectivity index (χ2n) is 3.31. The molecule has 3 heterocycles. The number of nitrogens with zero attached hydrogens (tertiary/aromatic N) is 3. The van der Waals surface area contributed by atoms with Crippen LogP contribution in [0.2, 0.25) is 0 Å². The van der Waals surface area contributed by atoms with Crippen molar-refractivity contribution in [3.05, 3.63) is 36.6 Å². The molecule has 0 saturated heterocycles. The predicted octanol–water partition coefficient (Wildman–Crippen LogP) is 1.77. The number of aromatic amines is 1. The lowest BCUT2D eigenvalue weighted by molar-refractivity contribution is 0.102. The first-order valence-corrected chi connectivity index (χ1v) is 5.81. The summed E-state index contributed by atoms with van der Waals surface area (Å²) in [5.41, 5.74) is 0.366. The zero-order chi connectivity index (χ0) is 12.4. The van der Waals surface area contributed by atoms with Crippen LogP contribution >= 0.6 is 11.3 Å². The van der Waals surface area contributed by atoms with Gasteiger partial charge in [-0.25, -0.2) is 4.98 Å². The van der Waals surface area contributed by atoms with Crippen LogP contribution in [0.1, 0.15) is 10.5 Å². The van der Waals surface area contributed by atoms with Crippen molar-refractivity contribution in [1.29, 1.82) is 0 Å². The molecule has 2 N–H and O–H groups in total. The van der Waals surface area contributed by atoms with Crippen LogP contribution in [0.5, 0.6) is 0 Å². The van der Waals surface area contributed by atoms with Gasteiger partial charge in [-0.15, -0.1) is 10.2 Å². The van der Waals surface area contributed by atoms with Crippen LogP contribution in [0.25, 0.3) is 10.8 Å². The van der Waals surface area contributed by atoms with Crippen molar-refractivity contribution in [2.45, 2.75) is 0 Å². The monoisotopic (exact) mass is 261 g/mol. The van der Waals surface area contributed by atoms with E-state index >= 15 is 0 Å². The van der Waals surface area contributed by atoms with Crippen molar-refractivity contribution in [2.75, 3.05) is 5.32 Å². The first-order valence-electron chi connectivity index (χ1n) is 5.00. The smallest absolute Gasteiger partial charge is 0.275 e. The Kier molecular flexibility index (Phi) is 2.61. The molecule has 0 aliphatic rings. The standard InChI is InChI=1S/C10H7N5O2S/c16-8(6-4-11-5-12-6)13-10-15-14-9(18-10)7-2-1-3-17-7/h1-5H,(H,11,12)(H,13,15,16). The second-order valence-corrected chi connectivity index (χ2v) is 4.29. The van der Waals surface area contributed by atoms with Crippen LogP contribution in [0.3, 0.4) is 0 Å². The number of furan rings is 1. The molecule has 0 spiro atoms. The largest absolute Gasteiger partial charge is 0.462 e. The van der Waals surface area contributed by atoms with Gasteiger partial charge in [-0.1, -0.05) is 11.3 Å². The Morgan fingerprint density at radius 1 is 1.44 bits per heavy atom. The molecular weight excluding hydrogens is 254 g/mol. The molecule has 90 valence electrons. The van der Waals surface area contributed by atoms with Gasteiger partial charge in [0.2, 0.25) is 5.13 Å². The average molecular weight is 261 g/mol. The predicted molar refractivity (Wildman–Crippen MR) is 64.2 cm³/mol. The highest BCUT2D eigenvalue weighted by Crippen LogP contribution is 2.26. The zero-order valence-electron chi connectivity index (χ0n) is 8.95. The van der Waals surface area contributed by atoms with Gasteiger partial charge in [0.15, 0.2) is 10.8 Å². The van der Waals surface area contributed by atoms with Gasteiger partial charge in [-0.2, -0.15) is 0 Å². The van der Waals surface area contributed by atoms with Crippen LogP contribution in [0.4, 0.5) is 5.13 Å². The summed E-state index contributed by atoms with van der Waals surface area (Å²) in [5, 5.41) is 11.4. The molecule has 0 bridgehead atoms. The van der Waals surface area contributed by atoms with Crippen molar-refractivity contribution < 1.29 is 9.21 Å². The molecule has 1 amide bonds. The molecule has 3 rings (SSSR count). The van der Waals surface area contributed by atoms with Gasteiger partial charge < -0.3 is 9.40 Å². The summed E-state index contributed by atoms with van der Waals surface area (Å²) in [6, 6.07) is 3.54. The Hall–Kier alpha value is -2.48. The maximum absolute atomic E-state index is 11.7. The fourth-order valence-corrected chi connectivity index (χ4v) is 2.02. The van der Waals surface area contributed by atoms with Gasteiger partial charge in [0.1, 0.15) is 5.69 Å². The van der Waals surface area contributed by atoms with Crippen molar-refractivity contribution in [3.63, 3.8) is 0 Å². The highest BCUT2D eigenvalue weighted by molar-refractivity contribution is 7.18. The van der Waals surface area contributed by atoms with Crippen LogP contribution in [0, 0.1) is 0 Å². The molecule has 7 nitrogen and oxygen atoms in total. The maximum atomic E-state index is 11.7. The molecule has 0 aliphatic carbocycles. The molecule has 3 aromatic heterocycles. The van der Waals surface area contributed by atoms with E-state index in [0.717, 1.165) is 0 Å². The Balaban J connectivity index is 1.76. The minimum Gasteiger partial charge on any atom is -0.462 e. The van der Waals surface area contributed by atoms with Crippen molar-refractivity contribution in [3.8, 4) is 10.8 Å². The number of H-pyrrole nitrogens is 1. The molecule has 0 fully saturated rings. The minimum absolute atomic E-state index is 0.311. The summed E-state index contributed by atoms with van der Waals surface area (Å²) in [4.78, 5) is 18.2. The van der Waals surface area contributed by atoms with E-state index in [9.17, 15) is 4.79 Å².